The third kappa shape index (κ3) is 5.09. The van der Waals surface area contributed by atoms with Gasteiger partial charge < -0.3 is 10.2 Å². The normalized spacial score (nSPS) is 14.1. The lowest BCUT2D eigenvalue weighted by Crippen LogP contribution is -2.35. The molecule has 0 aromatic heterocycles. The minimum absolute atomic E-state index is 0.0409. The summed E-state index contributed by atoms with van der Waals surface area (Å²) in [7, 11) is 0. The van der Waals surface area contributed by atoms with E-state index < -0.39 is 0 Å². The molecule has 1 saturated heterocycles. The third-order valence-electron chi connectivity index (χ3n) is 4.61. The summed E-state index contributed by atoms with van der Waals surface area (Å²) in [6.07, 6.45) is 3.70. The molecule has 1 aliphatic heterocycles. The van der Waals surface area contributed by atoms with Crippen molar-refractivity contribution < 1.29 is 9.59 Å². The molecule has 0 aliphatic carbocycles. The van der Waals surface area contributed by atoms with Crippen LogP contribution in [0.25, 0.3) is 0 Å². The van der Waals surface area contributed by atoms with Gasteiger partial charge in [0.2, 0.25) is 5.91 Å². The predicted molar refractivity (Wildman–Crippen MR) is 103 cm³/mol. The van der Waals surface area contributed by atoms with E-state index in [0.717, 1.165) is 37.1 Å². The summed E-state index contributed by atoms with van der Waals surface area (Å²) >= 11 is 5.85. The molecule has 0 radical (unpaired) electrons. The smallest absolute Gasteiger partial charge is 0.253 e. The van der Waals surface area contributed by atoms with Gasteiger partial charge in [0.1, 0.15) is 0 Å². The number of amides is 2. The van der Waals surface area contributed by atoms with Crippen molar-refractivity contribution in [2.24, 2.45) is 0 Å². The summed E-state index contributed by atoms with van der Waals surface area (Å²) in [6.45, 7) is 2.15. The van der Waals surface area contributed by atoms with E-state index in [4.69, 9.17) is 11.6 Å². The van der Waals surface area contributed by atoms with Crippen LogP contribution >= 0.6 is 11.6 Å². The van der Waals surface area contributed by atoms with Crippen molar-refractivity contribution in [2.75, 3.05) is 13.1 Å². The van der Waals surface area contributed by atoms with Gasteiger partial charge in [0.05, 0.1) is 6.42 Å². The Morgan fingerprint density at radius 2 is 1.50 bits per heavy atom. The highest BCUT2D eigenvalue weighted by atomic mass is 35.5. The number of benzene rings is 2. The topological polar surface area (TPSA) is 49.4 Å². The average molecular weight is 371 g/mol. The van der Waals surface area contributed by atoms with Crippen LogP contribution in [-0.2, 0) is 17.8 Å². The monoisotopic (exact) mass is 370 g/mol. The third-order valence-corrected chi connectivity index (χ3v) is 4.86. The fraction of sp³-hybridized carbons (Fsp3) is 0.333. The van der Waals surface area contributed by atoms with Crippen LogP contribution in [-0.4, -0.2) is 29.8 Å². The Morgan fingerprint density at radius 3 is 2.15 bits per heavy atom. The molecule has 2 amide bonds. The quantitative estimate of drug-likeness (QED) is 0.869. The molecule has 0 unspecified atom stereocenters. The van der Waals surface area contributed by atoms with Crippen molar-refractivity contribution in [1.82, 2.24) is 10.2 Å². The molecule has 2 aromatic carbocycles. The number of carbonyl (C=O) groups excluding carboxylic acids is 2. The molecule has 2 aromatic rings. The fourth-order valence-corrected chi connectivity index (χ4v) is 3.22. The SMILES string of the molecule is O=C(Cc1ccc(Cl)cc1)NCc1ccc(C(=O)N2CCCCC2)cc1. The van der Waals surface area contributed by atoms with E-state index in [1.807, 2.05) is 41.3 Å². The van der Waals surface area contributed by atoms with Gasteiger partial charge in [0.25, 0.3) is 5.91 Å². The maximum Gasteiger partial charge on any atom is 0.253 e. The van der Waals surface area contributed by atoms with E-state index in [1.165, 1.54) is 6.42 Å². The average Bonchev–Trinajstić information content (AvgIpc) is 2.69. The maximum absolute atomic E-state index is 12.5. The lowest BCUT2D eigenvalue weighted by atomic mass is 10.1. The lowest BCUT2D eigenvalue weighted by Gasteiger charge is -2.26. The van der Waals surface area contributed by atoms with E-state index in [0.29, 0.717) is 23.6 Å². The molecule has 1 N–H and O–H groups in total. The van der Waals surface area contributed by atoms with Crippen molar-refractivity contribution in [1.29, 1.82) is 0 Å². The van der Waals surface area contributed by atoms with Crippen LogP contribution in [0.5, 0.6) is 0 Å². The largest absolute Gasteiger partial charge is 0.352 e. The predicted octanol–water partition coefficient (Wildman–Crippen LogP) is 3.83. The molecule has 5 heteroatoms. The number of carbonyl (C=O) groups is 2. The zero-order valence-electron chi connectivity index (χ0n) is 14.7. The maximum atomic E-state index is 12.5. The number of piperidine rings is 1. The number of rotatable bonds is 5. The molecule has 0 spiro atoms. The van der Waals surface area contributed by atoms with Crippen LogP contribution in [0.15, 0.2) is 48.5 Å². The number of hydrogen-bond donors (Lipinski definition) is 1. The molecule has 0 atom stereocenters. The highest BCUT2D eigenvalue weighted by Crippen LogP contribution is 2.14. The molecule has 0 bridgehead atoms. The van der Waals surface area contributed by atoms with Crippen LogP contribution in [0.2, 0.25) is 5.02 Å². The summed E-state index contributed by atoms with van der Waals surface area (Å²) < 4.78 is 0. The van der Waals surface area contributed by atoms with Crippen LogP contribution in [0.3, 0.4) is 0 Å². The molecule has 0 saturated carbocycles. The zero-order valence-corrected chi connectivity index (χ0v) is 15.5. The molecule has 4 nitrogen and oxygen atoms in total. The van der Waals surface area contributed by atoms with Gasteiger partial charge in [-0.25, -0.2) is 0 Å². The Bertz CT molecular complexity index is 751. The first-order chi connectivity index (χ1) is 12.6. The second-order valence-corrected chi connectivity index (χ2v) is 7.07. The van der Waals surface area contributed by atoms with Crippen molar-refractivity contribution in [2.45, 2.75) is 32.2 Å². The van der Waals surface area contributed by atoms with E-state index >= 15 is 0 Å². The first-order valence-electron chi connectivity index (χ1n) is 9.01. The van der Waals surface area contributed by atoms with Crippen molar-refractivity contribution >= 4 is 23.4 Å². The van der Waals surface area contributed by atoms with Crippen molar-refractivity contribution in [3.8, 4) is 0 Å². The van der Waals surface area contributed by atoms with Crippen molar-refractivity contribution in [3.63, 3.8) is 0 Å². The zero-order chi connectivity index (χ0) is 18.4. The van der Waals surface area contributed by atoms with Gasteiger partial charge in [-0.05, 0) is 54.7 Å². The first kappa shape index (κ1) is 18.5. The molecular weight excluding hydrogens is 348 g/mol. The minimum atomic E-state index is -0.0409. The van der Waals surface area contributed by atoms with Crippen LogP contribution < -0.4 is 5.32 Å². The highest BCUT2D eigenvalue weighted by molar-refractivity contribution is 6.30. The number of hydrogen-bond acceptors (Lipinski definition) is 2. The second kappa shape index (κ2) is 8.86. The molecule has 26 heavy (non-hydrogen) atoms. The molecule has 1 heterocycles. The lowest BCUT2D eigenvalue weighted by molar-refractivity contribution is -0.120. The van der Waals surface area contributed by atoms with E-state index in [9.17, 15) is 9.59 Å². The van der Waals surface area contributed by atoms with Crippen molar-refractivity contribution in [3.05, 3.63) is 70.2 Å². The molecule has 3 rings (SSSR count). The number of nitrogens with zero attached hydrogens (tertiary/aromatic N) is 1. The fourth-order valence-electron chi connectivity index (χ4n) is 3.10. The summed E-state index contributed by atoms with van der Waals surface area (Å²) in [6, 6.07) is 14.8. The van der Waals surface area contributed by atoms with Gasteiger partial charge >= 0.3 is 0 Å². The van der Waals surface area contributed by atoms with Crippen LogP contribution in [0.1, 0.15) is 40.7 Å². The van der Waals surface area contributed by atoms with Gasteiger partial charge in [0, 0.05) is 30.2 Å². The molecular formula is C21H23ClN2O2. The van der Waals surface area contributed by atoms with Crippen LogP contribution in [0.4, 0.5) is 0 Å². The Hall–Kier alpha value is -2.33. The van der Waals surface area contributed by atoms with E-state index in [1.54, 1.807) is 12.1 Å². The van der Waals surface area contributed by atoms with Gasteiger partial charge in [-0.15, -0.1) is 0 Å². The summed E-state index contributed by atoms with van der Waals surface area (Å²) in [4.78, 5) is 26.4. The van der Waals surface area contributed by atoms with Crippen LogP contribution in [0, 0.1) is 0 Å². The number of likely N-dealkylation sites (tertiary alicyclic amines) is 1. The first-order valence-corrected chi connectivity index (χ1v) is 9.39. The van der Waals surface area contributed by atoms with E-state index in [2.05, 4.69) is 5.32 Å². The Labute approximate surface area is 159 Å². The van der Waals surface area contributed by atoms with Gasteiger partial charge in [-0.3, -0.25) is 9.59 Å². The highest BCUT2D eigenvalue weighted by Gasteiger charge is 2.17. The van der Waals surface area contributed by atoms with Gasteiger partial charge in [-0.2, -0.15) is 0 Å². The second-order valence-electron chi connectivity index (χ2n) is 6.63. The Balaban J connectivity index is 1.50. The summed E-state index contributed by atoms with van der Waals surface area (Å²) in [5.74, 6) is 0.0591. The van der Waals surface area contributed by atoms with E-state index in [-0.39, 0.29) is 11.8 Å². The summed E-state index contributed by atoms with van der Waals surface area (Å²) in [5, 5.41) is 3.57. The number of halogens is 1. The Kier molecular flexibility index (Phi) is 6.29. The standard InChI is InChI=1S/C21H23ClN2O2/c22-19-10-6-16(7-11-19)14-20(25)23-15-17-4-8-18(9-5-17)21(26)24-12-2-1-3-13-24/h4-11H,1-3,12-15H2,(H,23,25). The molecule has 136 valence electrons. The number of nitrogens with one attached hydrogen (secondary N) is 1. The summed E-state index contributed by atoms with van der Waals surface area (Å²) in [5.41, 5.74) is 2.61. The molecule has 1 fully saturated rings. The molecule has 1 aliphatic rings. The van der Waals surface area contributed by atoms with Gasteiger partial charge in [-0.1, -0.05) is 35.9 Å². The Morgan fingerprint density at radius 1 is 0.885 bits per heavy atom. The van der Waals surface area contributed by atoms with Gasteiger partial charge in [0.15, 0.2) is 0 Å². The minimum Gasteiger partial charge on any atom is -0.352 e.